The minimum Gasteiger partial charge on any atom is -0.476 e. The predicted molar refractivity (Wildman–Crippen MR) is 68.3 cm³/mol. The van der Waals surface area contributed by atoms with E-state index in [0.717, 1.165) is 0 Å². The summed E-state index contributed by atoms with van der Waals surface area (Å²) in [5.41, 5.74) is 0.0112. The molecule has 18 heavy (non-hydrogen) atoms. The molecule has 1 aliphatic heterocycles. The number of amides is 1. The van der Waals surface area contributed by atoms with Crippen molar-refractivity contribution in [1.29, 1.82) is 0 Å². The molecule has 0 saturated heterocycles. The van der Waals surface area contributed by atoms with Crippen molar-refractivity contribution < 1.29 is 17.9 Å². The SMILES string of the molecule is CC1(C)Oc2ccc(CS(=O)(=O)Cl)cc2NC1=O. The van der Waals surface area contributed by atoms with Gasteiger partial charge in [0.05, 0.1) is 11.4 Å². The van der Waals surface area contributed by atoms with E-state index in [1.165, 1.54) is 0 Å². The molecule has 7 heteroatoms. The van der Waals surface area contributed by atoms with Crippen molar-refractivity contribution in [3.05, 3.63) is 23.8 Å². The lowest BCUT2D eigenvalue weighted by Crippen LogP contribution is -2.45. The first-order valence-corrected chi connectivity index (χ1v) is 7.71. The molecular weight excluding hydrogens is 278 g/mol. The zero-order chi connectivity index (χ0) is 13.6. The first-order chi connectivity index (χ1) is 8.17. The average molecular weight is 290 g/mol. The smallest absolute Gasteiger partial charge is 0.268 e. The Kier molecular flexibility index (Phi) is 3.03. The van der Waals surface area contributed by atoms with E-state index in [0.29, 0.717) is 17.0 Å². The van der Waals surface area contributed by atoms with Crippen LogP contribution in [-0.2, 0) is 19.6 Å². The number of halogens is 1. The number of fused-ring (bicyclic) bond motifs is 1. The Bertz CT molecular complexity index is 609. The van der Waals surface area contributed by atoms with Crippen LogP contribution < -0.4 is 10.1 Å². The van der Waals surface area contributed by atoms with E-state index in [-0.39, 0.29) is 11.7 Å². The Morgan fingerprint density at radius 1 is 1.39 bits per heavy atom. The average Bonchev–Trinajstić information content (AvgIpc) is 2.17. The van der Waals surface area contributed by atoms with Gasteiger partial charge in [0.25, 0.3) is 5.91 Å². The highest BCUT2D eigenvalue weighted by Gasteiger charge is 2.35. The number of benzene rings is 1. The van der Waals surface area contributed by atoms with Crippen molar-refractivity contribution in [3.8, 4) is 5.75 Å². The molecule has 0 spiro atoms. The Morgan fingerprint density at radius 3 is 2.67 bits per heavy atom. The molecule has 2 rings (SSSR count). The summed E-state index contributed by atoms with van der Waals surface area (Å²) in [5, 5.41) is 2.67. The van der Waals surface area contributed by atoms with E-state index >= 15 is 0 Å². The molecule has 0 unspecified atom stereocenters. The third kappa shape index (κ3) is 2.76. The number of carbonyl (C=O) groups excluding carboxylic acids is 1. The van der Waals surface area contributed by atoms with Gasteiger partial charge in [0.15, 0.2) is 5.60 Å². The first-order valence-electron chi connectivity index (χ1n) is 5.23. The maximum absolute atomic E-state index is 11.7. The lowest BCUT2D eigenvalue weighted by Gasteiger charge is -2.31. The summed E-state index contributed by atoms with van der Waals surface area (Å²) in [7, 11) is 1.56. The zero-order valence-electron chi connectivity index (χ0n) is 9.86. The van der Waals surface area contributed by atoms with E-state index in [2.05, 4.69) is 5.32 Å². The summed E-state index contributed by atoms with van der Waals surface area (Å²) in [6, 6.07) is 4.77. The van der Waals surface area contributed by atoms with E-state index < -0.39 is 14.7 Å². The van der Waals surface area contributed by atoms with Crippen LogP contribution >= 0.6 is 10.7 Å². The van der Waals surface area contributed by atoms with Crippen LogP contribution in [0.4, 0.5) is 5.69 Å². The van der Waals surface area contributed by atoms with Crippen molar-refractivity contribution in [1.82, 2.24) is 0 Å². The van der Waals surface area contributed by atoms with Gasteiger partial charge in [-0.15, -0.1) is 0 Å². The van der Waals surface area contributed by atoms with Crippen LogP contribution in [0.3, 0.4) is 0 Å². The molecule has 1 heterocycles. The number of carbonyl (C=O) groups is 1. The maximum atomic E-state index is 11.7. The highest BCUT2D eigenvalue weighted by atomic mass is 35.7. The number of hydrogen-bond acceptors (Lipinski definition) is 4. The molecule has 0 aromatic heterocycles. The summed E-state index contributed by atoms with van der Waals surface area (Å²) >= 11 is 0. The molecule has 0 radical (unpaired) electrons. The van der Waals surface area contributed by atoms with Crippen molar-refractivity contribution >= 4 is 31.3 Å². The van der Waals surface area contributed by atoms with Gasteiger partial charge in [0.2, 0.25) is 9.05 Å². The highest BCUT2D eigenvalue weighted by Crippen LogP contribution is 2.34. The van der Waals surface area contributed by atoms with Crippen LogP contribution in [0.5, 0.6) is 5.75 Å². The van der Waals surface area contributed by atoms with Gasteiger partial charge in [-0.2, -0.15) is 0 Å². The van der Waals surface area contributed by atoms with Gasteiger partial charge in [0.1, 0.15) is 5.75 Å². The van der Waals surface area contributed by atoms with Gasteiger partial charge in [-0.05, 0) is 31.5 Å². The van der Waals surface area contributed by atoms with Crippen LogP contribution in [-0.4, -0.2) is 19.9 Å². The Hall–Kier alpha value is -1.27. The predicted octanol–water partition coefficient (Wildman–Crippen LogP) is 1.86. The van der Waals surface area contributed by atoms with Crippen LogP contribution in [0.15, 0.2) is 18.2 Å². The quantitative estimate of drug-likeness (QED) is 0.844. The van der Waals surface area contributed by atoms with Crippen LogP contribution in [0, 0.1) is 0 Å². The van der Waals surface area contributed by atoms with E-state index in [4.69, 9.17) is 15.4 Å². The molecule has 0 atom stereocenters. The van der Waals surface area contributed by atoms with Gasteiger partial charge in [-0.3, -0.25) is 4.79 Å². The molecule has 0 saturated carbocycles. The molecule has 0 aliphatic carbocycles. The highest BCUT2D eigenvalue weighted by molar-refractivity contribution is 8.13. The molecule has 1 aromatic rings. The Balaban J connectivity index is 2.35. The van der Waals surface area contributed by atoms with Crippen LogP contribution in [0.1, 0.15) is 19.4 Å². The standard InChI is InChI=1S/C11H12ClNO4S/c1-11(2)10(14)13-8-5-7(6-18(12,15)16)3-4-9(8)17-11/h3-5H,6H2,1-2H3,(H,13,14). The molecule has 1 amide bonds. The van der Waals surface area contributed by atoms with Gasteiger partial charge in [0, 0.05) is 10.7 Å². The second-order valence-corrected chi connectivity index (χ2v) is 7.36. The fraction of sp³-hybridized carbons (Fsp3) is 0.364. The minimum atomic E-state index is -3.62. The fourth-order valence-electron chi connectivity index (χ4n) is 1.65. The van der Waals surface area contributed by atoms with Crippen molar-refractivity contribution in [2.24, 2.45) is 0 Å². The lowest BCUT2D eigenvalue weighted by molar-refractivity contribution is -0.129. The number of hydrogen-bond donors (Lipinski definition) is 1. The number of anilines is 1. The number of nitrogens with one attached hydrogen (secondary N) is 1. The molecule has 5 nitrogen and oxygen atoms in total. The summed E-state index contributed by atoms with van der Waals surface area (Å²) in [6.07, 6.45) is 0. The van der Waals surface area contributed by atoms with Crippen LogP contribution in [0.2, 0.25) is 0 Å². The molecular formula is C11H12ClNO4S. The largest absolute Gasteiger partial charge is 0.476 e. The molecule has 0 fully saturated rings. The normalized spacial score (nSPS) is 17.6. The zero-order valence-corrected chi connectivity index (χ0v) is 11.4. The fourth-order valence-corrected chi connectivity index (χ4v) is 2.60. The summed E-state index contributed by atoms with van der Waals surface area (Å²) in [5.74, 6) is -0.0580. The molecule has 1 aliphatic rings. The van der Waals surface area contributed by atoms with E-state index in [9.17, 15) is 13.2 Å². The van der Waals surface area contributed by atoms with Gasteiger partial charge < -0.3 is 10.1 Å². The van der Waals surface area contributed by atoms with Gasteiger partial charge in [-0.1, -0.05) is 6.07 Å². The number of ether oxygens (including phenoxy) is 1. The third-order valence-corrected chi connectivity index (χ3v) is 3.55. The summed E-state index contributed by atoms with van der Waals surface area (Å²) < 4.78 is 27.5. The second kappa shape index (κ2) is 4.13. The van der Waals surface area contributed by atoms with Crippen molar-refractivity contribution in [3.63, 3.8) is 0 Å². The Labute approximate surface area is 110 Å². The number of rotatable bonds is 2. The third-order valence-electron chi connectivity index (χ3n) is 2.54. The maximum Gasteiger partial charge on any atom is 0.268 e. The minimum absolute atomic E-state index is 0.277. The first kappa shape index (κ1) is 13.2. The Morgan fingerprint density at radius 2 is 2.06 bits per heavy atom. The molecule has 98 valence electrons. The molecule has 1 aromatic carbocycles. The van der Waals surface area contributed by atoms with E-state index in [1.54, 1.807) is 32.0 Å². The van der Waals surface area contributed by atoms with Crippen molar-refractivity contribution in [2.45, 2.75) is 25.2 Å². The molecule has 0 bridgehead atoms. The topological polar surface area (TPSA) is 72.5 Å². The molecule has 1 N–H and O–H groups in total. The second-order valence-electron chi connectivity index (χ2n) is 4.58. The monoisotopic (exact) mass is 289 g/mol. The lowest BCUT2D eigenvalue weighted by atomic mass is 10.1. The van der Waals surface area contributed by atoms with Crippen LogP contribution in [0.25, 0.3) is 0 Å². The van der Waals surface area contributed by atoms with Crippen molar-refractivity contribution in [2.75, 3.05) is 5.32 Å². The van der Waals surface area contributed by atoms with Gasteiger partial charge >= 0.3 is 0 Å². The van der Waals surface area contributed by atoms with Gasteiger partial charge in [-0.25, -0.2) is 8.42 Å². The van der Waals surface area contributed by atoms with E-state index in [1.807, 2.05) is 0 Å². The summed E-state index contributed by atoms with van der Waals surface area (Å²) in [4.78, 5) is 11.7. The summed E-state index contributed by atoms with van der Waals surface area (Å²) in [6.45, 7) is 3.31.